The highest BCUT2D eigenvalue weighted by atomic mass is 32.2. The third kappa shape index (κ3) is 5.06. The normalized spacial score (nSPS) is 44.3. The van der Waals surface area contributed by atoms with E-state index >= 15 is 0 Å². The molecule has 0 amide bonds. The van der Waals surface area contributed by atoms with Crippen molar-refractivity contribution in [2.45, 2.75) is 80.0 Å². The van der Waals surface area contributed by atoms with Gasteiger partial charge in [0, 0.05) is 5.25 Å². The molecule has 4 N–H and O–H groups in total. The summed E-state index contributed by atoms with van der Waals surface area (Å²) in [5.41, 5.74) is -0.870. The standard InChI is InChI=1S/C17H30FNO5S2/c1-9-6-5-7-10(8-18)25-16-14(22)12(20)13(21)15(24-16)11(9)19-26(23)17(2,3)4/h5-6,9-16,19-22H,7-8H2,1-4H3/b6-5-/t9-,10+,11-,12-,13+,14-,15?,16?,26-/m1/s1. The van der Waals surface area contributed by atoms with Gasteiger partial charge in [-0.1, -0.05) is 19.1 Å². The molecule has 152 valence electrons. The quantitative estimate of drug-likeness (QED) is 0.515. The first-order chi connectivity index (χ1) is 12.1. The Hall–Kier alpha value is -0.0300. The summed E-state index contributed by atoms with van der Waals surface area (Å²) in [6.07, 6.45) is -0.786. The van der Waals surface area contributed by atoms with E-state index in [0.717, 1.165) is 11.8 Å². The Morgan fingerprint density at radius 1 is 1.27 bits per heavy atom. The average Bonchev–Trinajstić information content (AvgIpc) is 2.57. The van der Waals surface area contributed by atoms with Gasteiger partial charge in [0.05, 0.1) is 21.8 Å². The van der Waals surface area contributed by atoms with Crippen molar-refractivity contribution in [2.75, 3.05) is 6.67 Å². The fourth-order valence-electron chi connectivity index (χ4n) is 2.97. The second kappa shape index (κ2) is 8.98. The van der Waals surface area contributed by atoms with Crippen LogP contribution in [0, 0.1) is 5.92 Å². The summed E-state index contributed by atoms with van der Waals surface area (Å²) in [7, 11) is -1.42. The van der Waals surface area contributed by atoms with Crippen LogP contribution in [0.5, 0.6) is 0 Å². The maximum absolute atomic E-state index is 13.3. The Bertz CT molecular complexity index is 530. The zero-order chi connectivity index (χ0) is 19.6. The number of nitrogens with one attached hydrogen (secondary N) is 1. The predicted octanol–water partition coefficient (Wildman–Crippen LogP) is 0.882. The van der Waals surface area contributed by atoms with Crippen molar-refractivity contribution in [1.82, 2.24) is 4.72 Å². The van der Waals surface area contributed by atoms with Crippen molar-refractivity contribution < 1.29 is 28.7 Å². The number of ether oxygens (including phenoxy) is 1. The summed E-state index contributed by atoms with van der Waals surface area (Å²) in [5.74, 6) is -0.188. The second-order valence-corrected chi connectivity index (χ2v) is 11.3. The summed E-state index contributed by atoms with van der Waals surface area (Å²) >= 11 is 1.11. The van der Waals surface area contributed by atoms with Gasteiger partial charge < -0.3 is 20.1 Å². The monoisotopic (exact) mass is 411 g/mol. The van der Waals surface area contributed by atoms with Gasteiger partial charge in [0.2, 0.25) is 0 Å². The summed E-state index contributed by atoms with van der Waals surface area (Å²) < 4.78 is 34.3. The summed E-state index contributed by atoms with van der Waals surface area (Å²) in [4.78, 5) is 0. The number of alkyl halides is 1. The Morgan fingerprint density at radius 2 is 1.92 bits per heavy atom. The van der Waals surface area contributed by atoms with Crippen LogP contribution in [0.2, 0.25) is 0 Å². The molecule has 9 heteroatoms. The molecule has 1 saturated heterocycles. The molecule has 2 aliphatic rings. The topological polar surface area (TPSA) is 99.0 Å². The fourth-order valence-corrected chi connectivity index (χ4v) is 5.10. The zero-order valence-corrected chi connectivity index (χ0v) is 17.2. The van der Waals surface area contributed by atoms with Crippen molar-refractivity contribution in [1.29, 1.82) is 0 Å². The molecule has 0 aromatic rings. The van der Waals surface area contributed by atoms with Gasteiger partial charge in [-0.3, -0.25) is 0 Å². The highest BCUT2D eigenvalue weighted by Gasteiger charge is 2.49. The van der Waals surface area contributed by atoms with Crippen LogP contribution in [-0.4, -0.2) is 72.1 Å². The van der Waals surface area contributed by atoms with E-state index in [4.69, 9.17) is 4.74 Å². The van der Waals surface area contributed by atoms with Crippen LogP contribution < -0.4 is 4.72 Å². The van der Waals surface area contributed by atoms with Gasteiger partial charge in [-0.15, -0.1) is 11.8 Å². The predicted molar refractivity (Wildman–Crippen MR) is 102 cm³/mol. The number of rotatable bonds is 3. The summed E-state index contributed by atoms with van der Waals surface area (Å²) in [5, 5.41) is 30.6. The minimum absolute atomic E-state index is 0.188. The van der Waals surface area contributed by atoms with Gasteiger partial charge in [0.15, 0.2) is 0 Å². The lowest BCUT2D eigenvalue weighted by Crippen LogP contribution is -2.64. The molecule has 0 spiro atoms. The van der Waals surface area contributed by atoms with Crippen LogP contribution >= 0.6 is 11.8 Å². The third-order valence-corrected chi connectivity index (χ3v) is 7.62. The van der Waals surface area contributed by atoms with Crippen LogP contribution in [-0.2, 0) is 15.7 Å². The molecule has 2 rings (SSSR count). The summed E-state index contributed by atoms with van der Waals surface area (Å²) in [6.45, 7) is 6.79. The molecule has 2 bridgehead atoms. The molecule has 2 heterocycles. The van der Waals surface area contributed by atoms with Crippen LogP contribution in [0.15, 0.2) is 12.2 Å². The van der Waals surface area contributed by atoms with Crippen LogP contribution in [0.1, 0.15) is 34.1 Å². The van der Waals surface area contributed by atoms with E-state index in [1.807, 2.05) is 39.8 Å². The van der Waals surface area contributed by atoms with Gasteiger partial charge in [0.25, 0.3) is 0 Å². The van der Waals surface area contributed by atoms with Crippen molar-refractivity contribution >= 4 is 22.7 Å². The number of hydrogen-bond donors (Lipinski definition) is 4. The molecule has 9 atom stereocenters. The minimum Gasteiger partial charge on any atom is -0.388 e. The molecular formula is C17H30FNO5S2. The number of aliphatic hydroxyl groups excluding tert-OH is 3. The van der Waals surface area contributed by atoms with E-state index in [1.54, 1.807) is 0 Å². The van der Waals surface area contributed by atoms with Gasteiger partial charge in [-0.05, 0) is 33.1 Å². The number of hydrogen-bond acceptors (Lipinski definition) is 6. The van der Waals surface area contributed by atoms with Gasteiger partial charge in [-0.25, -0.2) is 13.3 Å². The molecule has 0 aromatic carbocycles. The Morgan fingerprint density at radius 3 is 2.50 bits per heavy atom. The molecule has 0 saturated carbocycles. The van der Waals surface area contributed by atoms with Crippen molar-refractivity contribution in [3.05, 3.63) is 12.2 Å². The molecule has 0 radical (unpaired) electrons. The molecule has 2 aliphatic heterocycles. The number of aliphatic hydroxyl groups is 3. The maximum Gasteiger partial charge on any atom is 0.132 e. The first kappa shape index (κ1) is 22.3. The molecule has 1 fully saturated rings. The second-order valence-electron chi connectivity index (χ2n) is 7.90. The Labute approximate surface area is 161 Å². The molecule has 26 heavy (non-hydrogen) atoms. The average molecular weight is 412 g/mol. The molecule has 6 nitrogen and oxygen atoms in total. The number of thioether (sulfide) groups is 1. The number of fused-ring (bicyclic) bond motifs is 2. The number of allylic oxidation sites excluding steroid dienone is 1. The SMILES string of the molecule is C[C@@H]1/C=C\C[C@@H](CF)SC2OC([C@@H](O)[C@@H](O)[C@H]2O)[C@@H]1N[S@](=O)C(C)(C)C. The molecule has 0 aromatic heterocycles. The largest absolute Gasteiger partial charge is 0.388 e. The third-order valence-electron chi connectivity index (χ3n) is 4.66. The molecular weight excluding hydrogens is 381 g/mol. The van der Waals surface area contributed by atoms with Crippen molar-refractivity contribution in [3.8, 4) is 0 Å². The van der Waals surface area contributed by atoms with Crippen LogP contribution in [0.25, 0.3) is 0 Å². The van der Waals surface area contributed by atoms with Gasteiger partial charge in [-0.2, -0.15) is 0 Å². The smallest absolute Gasteiger partial charge is 0.132 e. The van der Waals surface area contributed by atoms with E-state index < -0.39 is 63.6 Å². The summed E-state index contributed by atoms with van der Waals surface area (Å²) in [6, 6.07) is -0.548. The van der Waals surface area contributed by atoms with E-state index in [1.165, 1.54) is 0 Å². The first-order valence-corrected chi connectivity index (χ1v) is 10.9. The highest BCUT2D eigenvalue weighted by Crippen LogP contribution is 2.36. The zero-order valence-electron chi connectivity index (χ0n) is 15.5. The molecule has 0 aliphatic carbocycles. The minimum atomic E-state index is -1.42. The van der Waals surface area contributed by atoms with E-state index in [9.17, 15) is 23.9 Å². The fraction of sp³-hybridized carbons (Fsp3) is 0.882. The van der Waals surface area contributed by atoms with E-state index in [0.29, 0.717) is 6.42 Å². The highest BCUT2D eigenvalue weighted by molar-refractivity contribution is 8.00. The number of halogens is 1. The van der Waals surface area contributed by atoms with Gasteiger partial charge >= 0.3 is 0 Å². The van der Waals surface area contributed by atoms with Crippen LogP contribution in [0.4, 0.5) is 4.39 Å². The maximum atomic E-state index is 13.3. The van der Waals surface area contributed by atoms with E-state index in [2.05, 4.69) is 4.72 Å². The van der Waals surface area contributed by atoms with E-state index in [-0.39, 0.29) is 5.92 Å². The Balaban J connectivity index is 2.35. The lowest BCUT2D eigenvalue weighted by molar-refractivity contribution is -0.205. The van der Waals surface area contributed by atoms with Crippen molar-refractivity contribution in [3.63, 3.8) is 0 Å². The lowest BCUT2D eigenvalue weighted by atomic mass is 9.88. The first-order valence-electron chi connectivity index (χ1n) is 8.82. The van der Waals surface area contributed by atoms with Gasteiger partial charge in [0.1, 0.15) is 36.5 Å². The Kier molecular flexibility index (Phi) is 7.69. The lowest BCUT2D eigenvalue weighted by Gasteiger charge is -2.45. The molecule has 2 unspecified atom stereocenters. The van der Waals surface area contributed by atoms with Crippen molar-refractivity contribution in [2.24, 2.45) is 5.92 Å². The van der Waals surface area contributed by atoms with Crippen LogP contribution in [0.3, 0.4) is 0 Å².